The van der Waals surface area contributed by atoms with E-state index < -0.39 is 5.60 Å². The van der Waals surface area contributed by atoms with Crippen LogP contribution in [-0.2, 0) is 5.60 Å². The first-order chi connectivity index (χ1) is 13.0. The molecule has 27 heavy (non-hydrogen) atoms. The second kappa shape index (κ2) is 8.27. The Morgan fingerprint density at radius 3 is 2.63 bits per heavy atom. The van der Waals surface area contributed by atoms with E-state index in [9.17, 15) is 5.11 Å². The molecule has 2 atom stereocenters. The minimum atomic E-state index is -1.15. The molecule has 5 nitrogen and oxygen atoms in total. The third-order valence-corrected chi connectivity index (χ3v) is 4.57. The zero-order valence-electron chi connectivity index (χ0n) is 16.1. The van der Waals surface area contributed by atoms with Gasteiger partial charge in [0, 0.05) is 6.54 Å². The largest absolute Gasteiger partial charge is 0.466 e. The zero-order valence-corrected chi connectivity index (χ0v) is 16.1. The molecule has 5 heteroatoms. The van der Waals surface area contributed by atoms with Gasteiger partial charge in [-0.15, -0.1) is 0 Å². The summed E-state index contributed by atoms with van der Waals surface area (Å²) in [5.41, 5.74) is 0.0231. The number of nitrogens with zero attached hydrogens (tertiary/aromatic N) is 1. The van der Waals surface area contributed by atoms with E-state index in [0.717, 1.165) is 6.54 Å². The molecule has 0 bridgehead atoms. The molecule has 0 fully saturated rings. The number of guanidine groups is 1. The Morgan fingerprint density at radius 2 is 1.93 bits per heavy atom. The molecule has 2 aromatic carbocycles. The number of hydrogen-bond acceptors (Lipinski definition) is 3. The van der Waals surface area contributed by atoms with Crippen molar-refractivity contribution in [1.82, 2.24) is 10.6 Å². The molecule has 0 amide bonds. The van der Waals surface area contributed by atoms with Crippen molar-refractivity contribution in [1.29, 1.82) is 0 Å². The minimum Gasteiger partial charge on any atom is -0.466 e. The van der Waals surface area contributed by atoms with Crippen LogP contribution in [-0.4, -0.2) is 24.2 Å². The molecule has 2 unspecified atom stereocenters. The number of furan rings is 1. The SMILES string of the molecule is CCNC(=NCC(C)(O)c1ccco1)NC(C)c1ccc2ccccc2c1. The van der Waals surface area contributed by atoms with E-state index in [0.29, 0.717) is 11.7 Å². The molecule has 0 spiro atoms. The number of fused-ring (bicyclic) bond motifs is 1. The van der Waals surface area contributed by atoms with Crippen LogP contribution in [0.15, 0.2) is 70.3 Å². The number of rotatable bonds is 6. The standard InChI is InChI=1S/C22H27N3O2/c1-4-23-21(24-15-22(3,26)20-10-7-13-27-20)25-16(2)18-12-11-17-8-5-6-9-19(17)14-18/h5-14,16,26H,4,15H2,1-3H3,(H2,23,24,25). The number of benzene rings is 2. The quantitative estimate of drug-likeness (QED) is 0.457. The van der Waals surface area contributed by atoms with Gasteiger partial charge in [0.15, 0.2) is 5.96 Å². The lowest BCUT2D eigenvalue weighted by Crippen LogP contribution is -2.40. The van der Waals surface area contributed by atoms with Crippen LogP contribution in [0.25, 0.3) is 10.8 Å². The molecule has 1 aromatic heterocycles. The van der Waals surface area contributed by atoms with Crippen molar-refractivity contribution in [3.63, 3.8) is 0 Å². The molecule has 142 valence electrons. The van der Waals surface area contributed by atoms with Crippen molar-refractivity contribution in [3.8, 4) is 0 Å². The summed E-state index contributed by atoms with van der Waals surface area (Å²) in [5.74, 6) is 1.16. The summed E-state index contributed by atoms with van der Waals surface area (Å²) in [4.78, 5) is 4.55. The molecule has 3 N–H and O–H groups in total. The van der Waals surface area contributed by atoms with Crippen molar-refractivity contribution in [2.24, 2.45) is 4.99 Å². The molecular weight excluding hydrogens is 338 g/mol. The van der Waals surface area contributed by atoms with Crippen LogP contribution in [0.2, 0.25) is 0 Å². The van der Waals surface area contributed by atoms with E-state index in [1.165, 1.54) is 16.3 Å². The maximum atomic E-state index is 10.6. The van der Waals surface area contributed by atoms with Gasteiger partial charge in [0.25, 0.3) is 0 Å². The predicted octanol–water partition coefficient (Wildman–Crippen LogP) is 3.96. The van der Waals surface area contributed by atoms with Crippen LogP contribution in [0.1, 0.15) is 38.1 Å². The number of nitrogens with one attached hydrogen (secondary N) is 2. The Balaban J connectivity index is 1.74. The van der Waals surface area contributed by atoms with Crippen molar-refractivity contribution >= 4 is 16.7 Å². The van der Waals surface area contributed by atoms with Crippen LogP contribution >= 0.6 is 0 Å². The first kappa shape index (κ1) is 19.0. The van der Waals surface area contributed by atoms with Gasteiger partial charge in [-0.2, -0.15) is 0 Å². The van der Waals surface area contributed by atoms with Crippen LogP contribution in [0.4, 0.5) is 0 Å². The highest BCUT2D eigenvalue weighted by Gasteiger charge is 2.26. The number of aliphatic hydroxyl groups is 1. The highest BCUT2D eigenvalue weighted by Crippen LogP contribution is 2.22. The Labute approximate surface area is 160 Å². The van der Waals surface area contributed by atoms with Gasteiger partial charge in [-0.05, 0) is 55.3 Å². The third kappa shape index (κ3) is 4.68. The van der Waals surface area contributed by atoms with Gasteiger partial charge in [-0.3, -0.25) is 0 Å². The Hall–Kier alpha value is -2.79. The van der Waals surface area contributed by atoms with Crippen LogP contribution in [0.5, 0.6) is 0 Å². The molecule has 0 radical (unpaired) electrons. The number of hydrogen-bond donors (Lipinski definition) is 3. The maximum Gasteiger partial charge on any atom is 0.191 e. The molecule has 1 heterocycles. The van der Waals surface area contributed by atoms with Gasteiger partial charge < -0.3 is 20.2 Å². The fourth-order valence-electron chi connectivity index (χ4n) is 2.98. The highest BCUT2D eigenvalue weighted by atomic mass is 16.4. The average Bonchev–Trinajstić information content (AvgIpc) is 3.22. The smallest absolute Gasteiger partial charge is 0.191 e. The van der Waals surface area contributed by atoms with Crippen molar-refractivity contribution in [2.45, 2.75) is 32.4 Å². The lowest BCUT2D eigenvalue weighted by Gasteiger charge is -2.22. The van der Waals surface area contributed by atoms with E-state index in [1.807, 2.05) is 19.1 Å². The highest BCUT2D eigenvalue weighted by molar-refractivity contribution is 5.84. The molecule has 0 aliphatic rings. The van der Waals surface area contributed by atoms with Gasteiger partial charge in [0.1, 0.15) is 11.4 Å². The topological polar surface area (TPSA) is 69.8 Å². The van der Waals surface area contributed by atoms with E-state index in [2.05, 4.69) is 52.9 Å². The Bertz CT molecular complexity index is 901. The minimum absolute atomic E-state index is 0.0703. The van der Waals surface area contributed by atoms with Gasteiger partial charge in [-0.25, -0.2) is 4.99 Å². The first-order valence-corrected chi connectivity index (χ1v) is 9.29. The van der Waals surface area contributed by atoms with E-state index in [4.69, 9.17) is 4.42 Å². The Morgan fingerprint density at radius 1 is 1.15 bits per heavy atom. The lowest BCUT2D eigenvalue weighted by atomic mass is 10.0. The fraction of sp³-hybridized carbons (Fsp3) is 0.318. The fourth-order valence-corrected chi connectivity index (χ4v) is 2.98. The second-order valence-electron chi connectivity index (χ2n) is 6.92. The Kier molecular flexibility index (Phi) is 5.81. The van der Waals surface area contributed by atoms with Crippen molar-refractivity contribution in [3.05, 3.63) is 72.2 Å². The second-order valence-corrected chi connectivity index (χ2v) is 6.92. The normalized spacial score (nSPS) is 15.3. The summed E-state index contributed by atoms with van der Waals surface area (Å²) >= 11 is 0. The molecular formula is C22H27N3O2. The monoisotopic (exact) mass is 365 g/mol. The molecule has 0 saturated heterocycles. The van der Waals surface area contributed by atoms with Gasteiger partial charge in [0.2, 0.25) is 0 Å². The predicted molar refractivity (Wildman–Crippen MR) is 110 cm³/mol. The molecule has 3 rings (SSSR count). The zero-order chi connectivity index (χ0) is 19.3. The summed E-state index contributed by atoms with van der Waals surface area (Å²) in [6.45, 7) is 6.75. The summed E-state index contributed by atoms with van der Waals surface area (Å²) in [7, 11) is 0. The first-order valence-electron chi connectivity index (χ1n) is 9.29. The molecule has 0 aliphatic heterocycles. The van der Waals surface area contributed by atoms with E-state index in [1.54, 1.807) is 25.3 Å². The van der Waals surface area contributed by atoms with Gasteiger partial charge in [-0.1, -0.05) is 36.4 Å². The van der Waals surface area contributed by atoms with Crippen molar-refractivity contribution < 1.29 is 9.52 Å². The average molecular weight is 365 g/mol. The molecule has 0 saturated carbocycles. The van der Waals surface area contributed by atoms with E-state index in [-0.39, 0.29) is 12.6 Å². The van der Waals surface area contributed by atoms with Gasteiger partial charge in [0.05, 0.1) is 18.8 Å². The lowest BCUT2D eigenvalue weighted by molar-refractivity contribution is 0.0437. The van der Waals surface area contributed by atoms with Crippen LogP contribution in [0, 0.1) is 0 Å². The van der Waals surface area contributed by atoms with Crippen molar-refractivity contribution in [2.75, 3.05) is 13.1 Å². The summed E-state index contributed by atoms with van der Waals surface area (Å²) < 4.78 is 5.32. The van der Waals surface area contributed by atoms with E-state index >= 15 is 0 Å². The maximum absolute atomic E-state index is 10.6. The summed E-state index contributed by atoms with van der Waals surface area (Å²) in [6.07, 6.45) is 1.55. The summed E-state index contributed by atoms with van der Waals surface area (Å²) in [5, 5.41) is 19.7. The molecule has 3 aromatic rings. The van der Waals surface area contributed by atoms with Gasteiger partial charge >= 0.3 is 0 Å². The van der Waals surface area contributed by atoms with Crippen LogP contribution < -0.4 is 10.6 Å². The number of aliphatic imine (C=N–C) groups is 1. The third-order valence-electron chi connectivity index (χ3n) is 4.57. The summed E-state index contributed by atoms with van der Waals surface area (Å²) in [6, 6.07) is 18.4. The van der Waals surface area contributed by atoms with Crippen LogP contribution in [0.3, 0.4) is 0 Å². The molecule has 0 aliphatic carbocycles.